The van der Waals surface area contributed by atoms with Crippen LogP contribution in [-0.2, 0) is 0 Å². The zero-order valence-electron chi connectivity index (χ0n) is 11.2. The maximum atomic E-state index is 9.88. The second-order valence-corrected chi connectivity index (χ2v) is 5.34. The molecule has 0 saturated heterocycles. The molecule has 0 heterocycles. The van der Waals surface area contributed by atoms with Crippen molar-refractivity contribution in [2.45, 2.75) is 84.7 Å². The van der Waals surface area contributed by atoms with Gasteiger partial charge in [0.05, 0.1) is 5.60 Å². The SMILES string of the molecule is CCCCCCC(C)CCC(C)(O)CC. The standard InChI is InChI=1S/C14H30O/c1-5-7-8-9-10-13(3)11-12-14(4,15)6-2/h13,15H,5-12H2,1-4H3. The van der Waals surface area contributed by atoms with E-state index in [-0.39, 0.29) is 0 Å². The van der Waals surface area contributed by atoms with Crippen molar-refractivity contribution in [1.82, 2.24) is 0 Å². The molecule has 1 nitrogen and oxygen atoms in total. The lowest BCUT2D eigenvalue weighted by atomic mass is 9.90. The van der Waals surface area contributed by atoms with E-state index >= 15 is 0 Å². The van der Waals surface area contributed by atoms with Gasteiger partial charge in [-0.05, 0) is 32.1 Å². The lowest BCUT2D eigenvalue weighted by Crippen LogP contribution is -2.23. The summed E-state index contributed by atoms with van der Waals surface area (Å²) in [5.41, 5.74) is -0.433. The van der Waals surface area contributed by atoms with E-state index in [0.29, 0.717) is 0 Å². The molecule has 0 fully saturated rings. The van der Waals surface area contributed by atoms with E-state index in [1.54, 1.807) is 0 Å². The van der Waals surface area contributed by atoms with Crippen molar-refractivity contribution in [2.24, 2.45) is 5.92 Å². The molecule has 0 aromatic heterocycles. The second kappa shape index (κ2) is 8.15. The molecule has 0 aromatic rings. The van der Waals surface area contributed by atoms with Crippen molar-refractivity contribution >= 4 is 0 Å². The highest BCUT2D eigenvalue weighted by atomic mass is 16.3. The monoisotopic (exact) mass is 214 g/mol. The Labute approximate surface area is 96.3 Å². The van der Waals surface area contributed by atoms with Crippen LogP contribution in [0.2, 0.25) is 0 Å². The van der Waals surface area contributed by atoms with Crippen LogP contribution in [0, 0.1) is 5.92 Å². The Morgan fingerprint density at radius 2 is 1.73 bits per heavy atom. The van der Waals surface area contributed by atoms with Gasteiger partial charge in [0.1, 0.15) is 0 Å². The Kier molecular flexibility index (Phi) is 8.13. The van der Waals surface area contributed by atoms with Crippen molar-refractivity contribution in [2.75, 3.05) is 0 Å². The molecule has 0 aliphatic carbocycles. The van der Waals surface area contributed by atoms with Crippen LogP contribution >= 0.6 is 0 Å². The van der Waals surface area contributed by atoms with Gasteiger partial charge in [-0.2, -0.15) is 0 Å². The Morgan fingerprint density at radius 3 is 2.27 bits per heavy atom. The van der Waals surface area contributed by atoms with Gasteiger partial charge in [-0.25, -0.2) is 0 Å². The molecule has 0 saturated carbocycles. The molecule has 15 heavy (non-hydrogen) atoms. The summed E-state index contributed by atoms with van der Waals surface area (Å²) in [7, 11) is 0. The number of hydrogen-bond donors (Lipinski definition) is 1. The van der Waals surface area contributed by atoms with Gasteiger partial charge in [0.2, 0.25) is 0 Å². The minimum atomic E-state index is -0.433. The molecule has 0 aliphatic rings. The molecule has 0 aromatic carbocycles. The molecular weight excluding hydrogens is 184 g/mol. The van der Waals surface area contributed by atoms with Gasteiger partial charge in [0.25, 0.3) is 0 Å². The van der Waals surface area contributed by atoms with Crippen LogP contribution in [0.5, 0.6) is 0 Å². The molecule has 0 bridgehead atoms. The van der Waals surface area contributed by atoms with E-state index < -0.39 is 5.60 Å². The van der Waals surface area contributed by atoms with Crippen LogP contribution in [0.1, 0.15) is 79.1 Å². The van der Waals surface area contributed by atoms with E-state index in [0.717, 1.165) is 18.8 Å². The Bertz CT molecular complexity index is 140. The molecule has 2 atom stereocenters. The summed E-state index contributed by atoms with van der Waals surface area (Å²) in [6.45, 7) is 8.59. The topological polar surface area (TPSA) is 20.2 Å². The highest BCUT2D eigenvalue weighted by Gasteiger charge is 2.18. The third kappa shape index (κ3) is 8.92. The van der Waals surface area contributed by atoms with E-state index in [1.807, 2.05) is 6.92 Å². The maximum absolute atomic E-state index is 9.88. The van der Waals surface area contributed by atoms with Crippen LogP contribution in [0.4, 0.5) is 0 Å². The fraction of sp³-hybridized carbons (Fsp3) is 1.00. The van der Waals surface area contributed by atoms with Crippen LogP contribution in [0.25, 0.3) is 0 Å². The lowest BCUT2D eigenvalue weighted by molar-refractivity contribution is 0.0405. The summed E-state index contributed by atoms with van der Waals surface area (Å²) < 4.78 is 0. The normalized spacial score (nSPS) is 17.4. The summed E-state index contributed by atoms with van der Waals surface area (Å²) in [6, 6.07) is 0. The third-order valence-electron chi connectivity index (χ3n) is 3.49. The first-order valence-corrected chi connectivity index (χ1v) is 6.74. The summed E-state index contributed by atoms with van der Waals surface area (Å²) in [5.74, 6) is 0.778. The van der Waals surface area contributed by atoms with E-state index in [9.17, 15) is 5.11 Å². The average Bonchev–Trinajstić information content (AvgIpc) is 2.22. The Hall–Kier alpha value is -0.0400. The average molecular weight is 214 g/mol. The van der Waals surface area contributed by atoms with Gasteiger partial charge in [-0.3, -0.25) is 0 Å². The fourth-order valence-corrected chi connectivity index (χ4v) is 1.80. The molecule has 0 spiro atoms. The fourth-order valence-electron chi connectivity index (χ4n) is 1.80. The largest absolute Gasteiger partial charge is 0.390 e. The van der Waals surface area contributed by atoms with Crippen molar-refractivity contribution in [3.05, 3.63) is 0 Å². The summed E-state index contributed by atoms with van der Waals surface area (Å²) >= 11 is 0. The number of rotatable bonds is 9. The smallest absolute Gasteiger partial charge is 0.0617 e. The Morgan fingerprint density at radius 1 is 1.07 bits per heavy atom. The molecular formula is C14H30O. The van der Waals surface area contributed by atoms with E-state index in [1.165, 1.54) is 38.5 Å². The predicted octanol–water partition coefficient (Wildman–Crippen LogP) is 4.53. The number of aliphatic hydroxyl groups is 1. The zero-order valence-corrected chi connectivity index (χ0v) is 11.2. The molecule has 0 amide bonds. The van der Waals surface area contributed by atoms with Crippen molar-refractivity contribution in [3.63, 3.8) is 0 Å². The minimum Gasteiger partial charge on any atom is -0.390 e. The number of hydrogen-bond acceptors (Lipinski definition) is 1. The van der Waals surface area contributed by atoms with E-state index in [4.69, 9.17) is 0 Å². The first kappa shape index (κ1) is 15.0. The lowest BCUT2D eigenvalue weighted by Gasteiger charge is -2.23. The second-order valence-electron chi connectivity index (χ2n) is 5.34. The van der Waals surface area contributed by atoms with E-state index in [2.05, 4.69) is 20.8 Å². The quantitative estimate of drug-likeness (QED) is 0.559. The third-order valence-corrected chi connectivity index (χ3v) is 3.49. The molecule has 1 N–H and O–H groups in total. The molecule has 0 radical (unpaired) electrons. The van der Waals surface area contributed by atoms with Gasteiger partial charge in [-0.15, -0.1) is 0 Å². The van der Waals surface area contributed by atoms with Crippen molar-refractivity contribution < 1.29 is 5.11 Å². The summed E-state index contributed by atoms with van der Waals surface area (Å²) in [4.78, 5) is 0. The van der Waals surface area contributed by atoms with Gasteiger partial charge < -0.3 is 5.11 Å². The highest BCUT2D eigenvalue weighted by Crippen LogP contribution is 2.22. The molecule has 92 valence electrons. The van der Waals surface area contributed by atoms with Crippen LogP contribution in [0.15, 0.2) is 0 Å². The first-order valence-electron chi connectivity index (χ1n) is 6.74. The molecule has 1 heteroatoms. The van der Waals surface area contributed by atoms with Gasteiger partial charge >= 0.3 is 0 Å². The van der Waals surface area contributed by atoms with Gasteiger partial charge in [0, 0.05) is 0 Å². The van der Waals surface area contributed by atoms with Crippen LogP contribution in [0.3, 0.4) is 0 Å². The summed E-state index contributed by atoms with van der Waals surface area (Å²) in [5, 5.41) is 9.88. The van der Waals surface area contributed by atoms with Gasteiger partial charge in [-0.1, -0.05) is 52.9 Å². The number of unbranched alkanes of at least 4 members (excludes halogenated alkanes) is 3. The zero-order chi connectivity index (χ0) is 11.7. The minimum absolute atomic E-state index is 0.433. The van der Waals surface area contributed by atoms with Crippen LogP contribution in [-0.4, -0.2) is 10.7 Å². The maximum Gasteiger partial charge on any atom is 0.0617 e. The highest BCUT2D eigenvalue weighted by molar-refractivity contribution is 4.71. The molecule has 0 rings (SSSR count). The Balaban J connectivity index is 3.44. The van der Waals surface area contributed by atoms with Crippen molar-refractivity contribution in [1.29, 1.82) is 0 Å². The van der Waals surface area contributed by atoms with Gasteiger partial charge in [0.15, 0.2) is 0 Å². The van der Waals surface area contributed by atoms with Crippen molar-refractivity contribution in [3.8, 4) is 0 Å². The first-order chi connectivity index (χ1) is 7.02. The molecule has 0 aliphatic heterocycles. The van der Waals surface area contributed by atoms with Crippen LogP contribution < -0.4 is 0 Å². The predicted molar refractivity (Wildman–Crippen MR) is 68.1 cm³/mol. The summed E-state index contributed by atoms with van der Waals surface area (Å²) in [6.07, 6.45) is 9.77. The molecule has 2 unspecified atom stereocenters.